The van der Waals surface area contributed by atoms with Gasteiger partial charge in [0.25, 0.3) is 0 Å². The Hall–Kier alpha value is -0.610. The molecule has 3 N–H and O–H groups in total. The third-order valence-electron chi connectivity index (χ3n) is 4.30. The van der Waals surface area contributed by atoms with Crippen LogP contribution in [0.4, 0.5) is 0 Å². The lowest BCUT2D eigenvalue weighted by atomic mass is 9.76. The smallest absolute Gasteiger partial charge is 0.233 e. The van der Waals surface area contributed by atoms with Crippen molar-refractivity contribution in [1.29, 1.82) is 0 Å². The van der Waals surface area contributed by atoms with Gasteiger partial charge in [0, 0.05) is 13.1 Å². The summed E-state index contributed by atoms with van der Waals surface area (Å²) in [6.07, 6.45) is 6.28. The molecule has 1 aliphatic rings. The molecule has 0 spiro atoms. The summed E-state index contributed by atoms with van der Waals surface area (Å²) in [5.74, 6) is 1.45. The molecule has 3 unspecified atom stereocenters. The van der Waals surface area contributed by atoms with Crippen molar-refractivity contribution in [2.75, 3.05) is 27.2 Å². The van der Waals surface area contributed by atoms with Crippen LogP contribution in [0.25, 0.3) is 0 Å². The largest absolute Gasteiger partial charge is 0.358 e. The second-order valence-electron chi connectivity index (χ2n) is 5.62. The Morgan fingerprint density at radius 2 is 2.17 bits per heavy atom. The third-order valence-corrected chi connectivity index (χ3v) is 4.30. The fourth-order valence-electron chi connectivity index (χ4n) is 3.20. The summed E-state index contributed by atoms with van der Waals surface area (Å²) < 4.78 is 0. The maximum absolute atomic E-state index is 11.5. The minimum Gasteiger partial charge on any atom is -0.358 e. The molecule has 0 radical (unpaired) electrons. The molecule has 1 saturated carbocycles. The van der Waals surface area contributed by atoms with Crippen LogP contribution in [0.1, 0.15) is 39.0 Å². The van der Waals surface area contributed by atoms with Gasteiger partial charge in [0.05, 0.1) is 6.54 Å². The van der Waals surface area contributed by atoms with Gasteiger partial charge in [-0.2, -0.15) is 0 Å². The van der Waals surface area contributed by atoms with E-state index in [1.54, 1.807) is 7.05 Å². The Morgan fingerprint density at radius 1 is 1.44 bits per heavy atom. The number of rotatable bonds is 6. The Bertz CT molecular complexity index is 257. The molecule has 18 heavy (non-hydrogen) atoms. The minimum atomic E-state index is 0.0888. The van der Waals surface area contributed by atoms with Crippen LogP contribution in [-0.2, 0) is 4.79 Å². The first kappa shape index (κ1) is 15.4. The van der Waals surface area contributed by atoms with Crippen molar-refractivity contribution in [2.45, 2.75) is 45.1 Å². The van der Waals surface area contributed by atoms with E-state index in [1.807, 2.05) is 0 Å². The molecule has 0 aromatic rings. The van der Waals surface area contributed by atoms with Gasteiger partial charge in [-0.1, -0.05) is 26.2 Å². The van der Waals surface area contributed by atoms with Crippen LogP contribution in [-0.4, -0.2) is 44.0 Å². The Kier molecular flexibility index (Phi) is 6.65. The lowest BCUT2D eigenvalue weighted by Gasteiger charge is -2.40. The summed E-state index contributed by atoms with van der Waals surface area (Å²) in [6, 6.07) is 0.470. The standard InChI is InChI=1S/C14H29N3O/c1-4-5-11-6-7-12(9-15)13(8-11)17(3)10-14(18)16-2/h11-13H,4-10,15H2,1-3H3,(H,16,18). The fraction of sp³-hybridized carbons (Fsp3) is 0.929. The monoisotopic (exact) mass is 255 g/mol. The molecule has 4 nitrogen and oxygen atoms in total. The zero-order valence-electron chi connectivity index (χ0n) is 12.1. The summed E-state index contributed by atoms with van der Waals surface area (Å²) in [6.45, 7) is 3.47. The zero-order valence-corrected chi connectivity index (χ0v) is 12.1. The predicted octanol–water partition coefficient (Wildman–Crippen LogP) is 1.21. The average molecular weight is 255 g/mol. The topological polar surface area (TPSA) is 58.4 Å². The van der Waals surface area contributed by atoms with Gasteiger partial charge in [-0.3, -0.25) is 9.69 Å². The van der Waals surface area contributed by atoms with Crippen LogP contribution >= 0.6 is 0 Å². The molecule has 1 fully saturated rings. The highest BCUT2D eigenvalue weighted by molar-refractivity contribution is 5.77. The Labute approximate surface area is 111 Å². The van der Waals surface area contributed by atoms with Gasteiger partial charge in [0.1, 0.15) is 0 Å². The van der Waals surface area contributed by atoms with Crippen molar-refractivity contribution < 1.29 is 4.79 Å². The highest BCUT2D eigenvalue weighted by Crippen LogP contribution is 2.33. The van der Waals surface area contributed by atoms with E-state index in [-0.39, 0.29) is 5.91 Å². The molecule has 0 heterocycles. The van der Waals surface area contributed by atoms with Gasteiger partial charge >= 0.3 is 0 Å². The molecular weight excluding hydrogens is 226 g/mol. The normalized spacial score (nSPS) is 28.4. The summed E-state index contributed by atoms with van der Waals surface area (Å²) in [5, 5.41) is 2.69. The molecule has 4 heteroatoms. The molecule has 3 atom stereocenters. The predicted molar refractivity (Wildman–Crippen MR) is 75.3 cm³/mol. The molecular formula is C14H29N3O. The van der Waals surface area contributed by atoms with Crippen molar-refractivity contribution in [3.05, 3.63) is 0 Å². The first-order valence-electron chi connectivity index (χ1n) is 7.23. The summed E-state index contributed by atoms with van der Waals surface area (Å²) in [4.78, 5) is 13.7. The quantitative estimate of drug-likeness (QED) is 0.750. The highest BCUT2D eigenvalue weighted by Gasteiger charge is 2.32. The molecule has 0 aromatic carbocycles. The third kappa shape index (κ3) is 4.25. The van der Waals surface area contributed by atoms with E-state index in [0.717, 1.165) is 12.5 Å². The van der Waals surface area contributed by atoms with Crippen molar-refractivity contribution in [2.24, 2.45) is 17.6 Å². The second-order valence-corrected chi connectivity index (χ2v) is 5.62. The maximum Gasteiger partial charge on any atom is 0.233 e. The number of likely N-dealkylation sites (N-methyl/N-ethyl adjacent to an activating group) is 2. The van der Waals surface area contributed by atoms with Crippen molar-refractivity contribution >= 4 is 5.91 Å². The Balaban J connectivity index is 2.58. The van der Waals surface area contributed by atoms with Crippen LogP contribution < -0.4 is 11.1 Å². The molecule has 1 rings (SSSR count). The fourth-order valence-corrected chi connectivity index (χ4v) is 3.20. The van der Waals surface area contributed by atoms with Crippen LogP contribution in [0.3, 0.4) is 0 Å². The van der Waals surface area contributed by atoms with Crippen molar-refractivity contribution in [3.8, 4) is 0 Å². The molecule has 1 amide bonds. The van der Waals surface area contributed by atoms with E-state index < -0.39 is 0 Å². The van der Waals surface area contributed by atoms with Gasteiger partial charge in [-0.15, -0.1) is 0 Å². The number of nitrogens with one attached hydrogen (secondary N) is 1. The van der Waals surface area contributed by atoms with Crippen LogP contribution in [0.5, 0.6) is 0 Å². The zero-order chi connectivity index (χ0) is 13.5. The van der Waals surface area contributed by atoms with Crippen LogP contribution in [0, 0.1) is 11.8 Å². The molecule has 106 valence electrons. The van der Waals surface area contributed by atoms with E-state index in [1.165, 1.54) is 32.1 Å². The van der Waals surface area contributed by atoms with Crippen LogP contribution in [0.2, 0.25) is 0 Å². The summed E-state index contributed by atoms with van der Waals surface area (Å²) in [7, 11) is 3.74. The number of nitrogens with two attached hydrogens (primary N) is 1. The molecule has 1 aliphatic carbocycles. The first-order chi connectivity index (χ1) is 8.62. The van der Waals surface area contributed by atoms with Gasteiger partial charge in [-0.05, 0) is 38.3 Å². The highest BCUT2D eigenvalue weighted by atomic mass is 16.1. The first-order valence-corrected chi connectivity index (χ1v) is 7.23. The maximum atomic E-state index is 11.5. The van der Waals surface area contributed by atoms with E-state index in [2.05, 4.69) is 24.2 Å². The number of nitrogens with zero attached hydrogens (tertiary/aromatic N) is 1. The molecule has 0 saturated heterocycles. The number of hydrogen-bond donors (Lipinski definition) is 2. The number of amides is 1. The van der Waals surface area contributed by atoms with Gasteiger partial charge in [0.2, 0.25) is 5.91 Å². The second kappa shape index (κ2) is 7.74. The van der Waals surface area contributed by atoms with Crippen LogP contribution in [0.15, 0.2) is 0 Å². The van der Waals surface area contributed by atoms with Gasteiger partial charge in [0.15, 0.2) is 0 Å². The number of hydrogen-bond acceptors (Lipinski definition) is 3. The Morgan fingerprint density at radius 3 is 2.72 bits per heavy atom. The summed E-state index contributed by atoms with van der Waals surface area (Å²) >= 11 is 0. The minimum absolute atomic E-state index is 0.0888. The van der Waals surface area contributed by atoms with E-state index >= 15 is 0 Å². The van der Waals surface area contributed by atoms with E-state index in [9.17, 15) is 4.79 Å². The number of carbonyl (C=O) groups excluding carboxylic acids is 1. The molecule has 0 aromatic heterocycles. The van der Waals surface area contributed by atoms with Crippen molar-refractivity contribution in [1.82, 2.24) is 10.2 Å². The van der Waals surface area contributed by atoms with Gasteiger partial charge in [-0.25, -0.2) is 0 Å². The van der Waals surface area contributed by atoms with E-state index in [4.69, 9.17) is 5.73 Å². The number of carbonyl (C=O) groups is 1. The van der Waals surface area contributed by atoms with Crippen molar-refractivity contribution in [3.63, 3.8) is 0 Å². The molecule has 0 aliphatic heterocycles. The average Bonchev–Trinajstić information content (AvgIpc) is 2.38. The van der Waals surface area contributed by atoms with Gasteiger partial charge < -0.3 is 11.1 Å². The van der Waals surface area contributed by atoms with E-state index in [0.29, 0.717) is 18.5 Å². The SMILES string of the molecule is CCCC1CCC(CN)C(N(C)CC(=O)NC)C1. The lowest BCUT2D eigenvalue weighted by Crippen LogP contribution is -2.48. The summed E-state index contributed by atoms with van der Waals surface area (Å²) in [5.41, 5.74) is 5.89. The molecule has 0 bridgehead atoms. The lowest BCUT2D eigenvalue weighted by molar-refractivity contribution is -0.122.